The first-order valence-electron chi connectivity index (χ1n) is 6.91. The van der Waals surface area contributed by atoms with Gasteiger partial charge in [0, 0.05) is 34.2 Å². The molecule has 0 atom stereocenters. The number of pyridine rings is 1. The Morgan fingerprint density at radius 2 is 1.82 bits per heavy atom. The van der Waals surface area contributed by atoms with Crippen LogP contribution in [-0.2, 0) is 0 Å². The van der Waals surface area contributed by atoms with E-state index in [1.54, 1.807) is 30.5 Å². The van der Waals surface area contributed by atoms with Crippen molar-refractivity contribution >= 4 is 40.5 Å². The molecule has 2 N–H and O–H groups in total. The minimum atomic E-state index is -0.313. The molecule has 0 radical (unpaired) electrons. The first kappa shape index (κ1) is 16.6. The Hall–Kier alpha value is -1.78. The summed E-state index contributed by atoms with van der Waals surface area (Å²) in [5.74, 6) is 0.200. The van der Waals surface area contributed by atoms with Gasteiger partial charge in [0.1, 0.15) is 5.69 Å². The van der Waals surface area contributed by atoms with E-state index in [1.807, 2.05) is 6.07 Å². The first-order chi connectivity index (χ1) is 10.4. The summed E-state index contributed by atoms with van der Waals surface area (Å²) < 4.78 is 0. The molecular formula is C16H17Cl2N3O. The molecule has 1 aromatic carbocycles. The second kappa shape index (κ2) is 7.47. The molecule has 1 amide bonds. The molecule has 116 valence electrons. The molecule has 0 aliphatic heterocycles. The summed E-state index contributed by atoms with van der Waals surface area (Å²) in [5, 5.41) is 6.92. The van der Waals surface area contributed by atoms with Crippen LogP contribution in [0.4, 0.5) is 11.4 Å². The first-order valence-corrected chi connectivity index (χ1v) is 7.67. The Labute approximate surface area is 139 Å². The second-order valence-electron chi connectivity index (χ2n) is 5.32. The summed E-state index contributed by atoms with van der Waals surface area (Å²) in [6.07, 6.45) is 1.60. The summed E-state index contributed by atoms with van der Waals surface area (Å²) in [7, 11) is 0. The lowest BCUT2D eigenvalue weighted by Gasteiger charge is -2.10. The lowest BCUT2D eigenvalue weighted by molar-refractivity contribution is 0.102. The summed E-state index contributed by atoms with van der Waals surface area (Å²) >= 11 is 11.8. The normalized spacial score (nSPS) is 10.6. The van der Waals surface area contributed by atoms with Gasteiger partial charge in [0.05, 0.1) is 0 Å². The van der Waals surface area contributed by atoms with Crippen LogP contribution in [0.2, 0.25) is 10.0 Å². The Bertz CT molecular complexity index is 654. The number of nitrogens with zero attached hydrogens (tertiary/aromatic N) is 1. The Morgan fingerprint density at radius 1 is 1.14 bits per heavy atom. The predicted molar refractivity (Wildman–Crippen MR) is 92.0 cm³/mol. The number of amides is 1. The van der Waals surface area contributed by atoms with Crippen molar-refractivity contribution in [3.05, 3.63) is 52.3 Å². The number of carbonyl (C=O) groups is 1. The van der Waals surface area contributed by atoms with Gasteiger partial charge in [0.15, 0.2) is 0 Å². The maximum absolute atomic E-state index is 12.2. The molecule has 0 aliphatic carbocycles. The fraction of sp³-hybridized carbons (Fsp3) is 0.250. The highest BCUT2D eigenvalue weighted by molar-refractivity contribution is 6.35. The maximum Gasteiger partial charge on any atom is 0.274 e. The minimum Gasteiger partial charge on any atom is -0.385 e. The highest BCUT2D eigenvalue weighted by atomic mass is 35.5. The smallest absolute Gasteiger partial charge is 0.274 e. The van der Waals surface area contributed by atoms with Crippen LogP contribution in [0.1, 0.15) is 24.3 Å². The van der Waals surface area contributed by atoms with E-state index in [9.17, 15) is 4.79 Å². The van der Waals surface area contributed by atoms with Gasteiger partial charge >= 0.3 is 0 Å². The number of aromatic nitrogens is 1. The van der Waals surface area contributed by atoms with Crippen LogP contribution in [0.5, 0.6) is 0 Å². The number of hydrogen-bond donors (Lipinski definition) is 2. The summed E-state index contributed by atoms with van der Waals surface area (Å²) in [6.45, 7) is 5.06. The zero-order valence-electron chi connectivity index (χ0n) is 12.4. The summed E-state index contributed by atoms with van der Waals surface area (Å²) in [5.41, 5.74) is 1.72. The third kappa shape index (κ3) is 4.90. The van der Waals surface area contributed by atoms with Crippen LogP contribution in [0.25, 0.3) is 0 Å². The van der Waals surface area contributed by atoms with Crippen molar-refractivity contribution in [3.63, 3.8) is 0 Å². The van der Waals surface area contributed by atoms with E-state index in [1.165, 1.54) is 0 Å². The van der Waals surface area contributed by atoms with Gasteiger partial charge in [0.2, 0.25) is 0 Å². The van der Waals surface area contributed by atoms with E-state index >= 15 is 0 Å². The summed E-state index contributed by atoms with van der Waals surface area (Å²) in [4.78, 5) is 16.3. The van der Waals surface area contributed by atoms with Crippen molar-refractivity contribution in [1.82, 2.24) is 4.98 Å². The van der Waals surface area contributed by atoms with Crippen molar-refractivity contribution in [2.24, 2.45) is 5.92 Å². The number of halogens is 2. The van der Waals surface area contributed by atoms with E-state index in [0.717, 1.165) is 12.2 Å². The van der Waals surface area contributed by atoms with Gasteiger partial charge in [-0.05, 0) is 36.2 Å². The molecule has 2 aromatic rings. The average molecular weight is 338 g/mol. The van der Waals surface area contributed by atoms with Crippen LogP contribution in [0.15, 0.2) is 36.5 Å². The van der Waals surface area contributed by atoms with Crippen molar-refractivity contribution in [3.8, 4) is 0 Å². The number of hydrogen-bond acceptors (Lipinski definition) is 3. The standard InChI is InChI=1S/C16H17Cl2N3O/c1-10(2)9-20-13-3-4-19-15(8-13)16(22)21-14-6-11(17)5-12(18)7-14/h3-8,10H,9H2,1-2H3,(H,19,20)(H,21,22). The van der Waals surface area contributed by atoms with Crippen molar-refractivity contribution < 1.29 is 4.79 Å². The van der Waals surface area contributed by atoms with Gasteiger partial charge in [-0.2, -0.15) is 0 Å². The highest BCUT2D eigenvalue weighted by Crippen LogP contribution is 2.23. The summed E-state index contributed by atoms with van der Waals surface area (Å²) in [6, 6.07) is 8.41. The van der Waals surface area contributed by atoms with Gasteiger partial charge in [0.25, 0.3) is 5.91 Å². The van der Waals surface area contributed by atoms with E-state index < -0.39 is 0 Å². The molecule has 0 saturated heterocycles. The van der Waals surface area contributed by atoms with E-state index in [0.29, 0.717) is 27.3 Å². The molecule has 4 nitrogen and oxygen atoms in total. The van der Waals surface area contributed by atoms with Crippen LogP contribution < -0.4 is 10.6 Å². The lowest BCUT2D eigenvalue weighted by atomic mass is 10.2. The average Bonchev–Trinajstić information content (AvgIpc) is 2.44. The predicted octanol–water partition coefficient (Wildman–Crippen LogP) is 4.71. The van der Waals surface area contributed by atoms with Crippen LogP contribution >= 0.6 is 23.2 Å². The van der Waals surface area contributed by atoms with Gasteiger partial charge in [-0.25, -0.2) is 0 Å². The number of nitrogens with one attached hydrogen (secondary N) is 2. The fourth-order valence-electron chi connectivity index (χ4n) is 1.81. The molecule has 1 aromatic heterocycles. The Balaban J connectivity index is 2.10. The number of anilines is 2. The van der Waals surface area contributed by atoms with E-state index in [2.05, 4.69) is 29.5 Å². The van der Waals surface area contributed by atoms with Crippen LogP contribution in [-0.4, -0.2) is 17.4 Å². The number of rotatable bonds is 5. The zero-order chi connectivity index (χ0) is 16.1. The van der Waals surface area contributed by atoms with Gasteiger partial charge in [-0.15, -0.1) is 0 Å². The molecule has 0 bridgehead atoms. The van der Waals surface area contributed by atoms with Gasteiger partial charge in [-0.1, -0.05) is 37.0 Å². The topological polar surface area (TPSA) is 54.0 Å². The fourth-order valence-corrected chi connectivity index (χ4v) is 2.33. The Morgan fingerprint density at radius 3 is 2.45 bits per heavy atom. The molecule has 6 heteroatoms. The SMILES string of the molecule is CC(C)CNc1ccnc(C(=O)Nc2cc(Cl)cc(Cl)c2)c1. The largest absolute Gasteiger partial charge is 0.385 e. The maximum atomic E-state index is 12.2. The molecule has 1 heterocycles. The van der Waals surface area contributed by atoms with Gasteiger partial charge < -0.3 is 10.6 Å². The second-order valence-corrected chi connectivity index (χ2v) is 6.19. The quantitative estimate of drug-likeness (QED) is 0.830. The molecular weight excluding hydrogens is 321 g/mol. The minimum absolute atomic E-state index is 0.313. The van der Waals surface area contributed by atoms with Gasteiger partial charge in [-0.3, -0.25) is 9.78 Å². The lowest BCUT2D eigenvalue weighted by Crippen LogP contribution is -2.15. The molecule has 0 aliphatic rings. The van der Waals surface area contributed by atoms with E-state index in [4.69, 9.17) is 23.2 Å². The molecule has 0 fully saturated rings. The van der Waals surface area contributed by atoms with Crippen molar-refractivity contribution in [2.45, 2.75) is 13.8 Å². The van der Waals surface area contributed by atoms with Crippen molar-refractivity contribution in [1.29, 1.82) is 0 Å². The number of carbonyl (C=O) groups excluding carboxylic acids is 1. The molecule has 0 saturated carbocycles. The number of benzene rings is 1. The zero-order valence-corrected chi connectivity index (χ0v) is 13.9. The van der Waals surface area contributed by atoms with E-state index in [-0.39, 0.29) is 5.91 Å². The molecule has 2 rings (SSSR count). The monoisotopic (exact) mass is 337 g/mol. The third-order valence-corrected chi connectivity index (χ3v) is 3.26. The molecule has 0 spiro atoms. The molecule has 0 unspecified atom stereocenters. The van der Waals surface area contributed by atoms with Crippen LogP contribution in [0.3, 0.4) is 0 Å². The Kier molecular flexibility index (Phi) is 5.63. The van der Waals surface area contributed by atoms with Crippen LogP contribution in [0, 0.1) is 5.92 Å². The highest BCUT2D eigenvalue weighted by Gasteiger charge is 2.09. The molecule has 22 heavy (non-hydrogen) atoms. The van der Waals surface area contributed by atoms with Crippen molar-refractivity contribution in [2.75, 3.05) is 17.2 Å². The third-order valence-electron chi connectivity index (χ3n) is 2.83.